The number of benzene rings is 1. The summed E-state index contributed by atoms with van der Waals surface area (Å²) < 4.78 is 7.29. The van der Waals surface area contributed by atoms with Crippen LogP contribution in [0.25, 0.3) is 0 Å². The molecule has 0 unspecified atom stereocenters. The number of urea groups is 1. The van der Waals surface area contributed by atoms with Crippen molar-refractivity contribution >= 4 is 6.03 Å². The molecule has 0 aliphatic carbocycles. The molecular weight excluding hydrogens is 304 g/mol. The summed E-state index contributed by atoms with van der Waals surface area (Å²) in [6.45, 7) is 3.94. The van der Waals surface area contributed by atoms with Crippen LogP contribution in [0.4, 0.5) is 4.79 Å². The van der Waals surface area contributed by atoms with Crippen LogP contribution in [0, 0.1) is 0 Å². The molecule has 2 heterocycles. The Kier molecular flexibility index (Phi) is 5.03. The van der Waals surface area contributed by atoms with E-state index in [2.05, 4.69) is 34.8 Å². The van der Waals surface area contributed by atoms with E-state index in [0.29, 0.717) is 13.1 Å². The monoisotopic (exact) mass is 328 g/mol. The lowest BCUT2D eigenvalue weighted by Crippen LogP contribution is -2.36. The summed E-state index contributed by atoms with van der Waals surface area (Å²) in [5.74, 6) is 0.993. The van der Waals surface area contributed by atoms with Crippen molar-refractivity contribution in [1.29, 1.82) is 0 Å². The maximum absolute atomic E-state index is 11.9. The van der Waals surface area contributed by atoms with Crippen molar-refractivity contribution in [3.05, 3.63) is 46.8 Å². The van der Waals surface area contributed by atoms with Gasteiger partial charge in [0.25, 0.3) is 0 Å². The van der Waals surface area contributed by atoms with E-state index < -0.39 is 0 Å². The largest absolute Gasteiger partial charge is 0.493 e. The number of carbonyl (C=O) groups excluding carboxylic acids is 1. The number of amides is 2. The molecule has 1 aliphatic rings. The number of fused-ring (bicyclic) bond motifs is 1. The maximum Gasteiger partial charge on any atom is 0.315 e. The Labute approximate surface area is 142 Å². The molecule has 0 fully saturated rings. The van der Waals surface area contributed by atoms with Crippen molar-refractivity contribution in [2.75, 3.05) is 13.2 Å². The molecule has 2 N–H and O–H groups in total. The van der Waals surface area contributed by atoms with E-state index in [1.165, 1.54) is 11.1 Å². The summed E-state index contributed by atoms with van der Waals surface area (Å²) >= 11 is 0. The molecule has 0 saturated carbocycles. The molecule has 6 heteroatoms. The molecule has 128 valence electrons. The van der Waals surface area contributed by atoms with Gasteiger partial charge in [0.2, 0.25) is 0 Å². The Balaban J connectivity index is 1.42. The number of nitrogens with zero attached hydrogens (tertiary/aromatic N) is 2. The number of ether oxygens (including phenoxy) is 1. The first kappa shape index (κ1) is 16.4. The number of hydrogen-bond donors (Lipinski definition) is 2. The third kappa shape index (κ3) is 3.88. The highest BCUT2D eigenvalue weighted by Gasteiger charge is 2.12. The fourth-order valence-corrected chi connectivity index (χ4v) is 2.98. The van der Waals surface area contributed by atoms with Gasteiger partial charge in [-0.1, -0.05) is 19.1 Å². The average Bonchev–Trinajstić information content (AvgIpc) is 3.18. The molecule has 0 saturated heterocycles. The number of nitrogens with one attached hydrogen (secondary N) is 2. The Morgan fingerprint density at radius 3 is 3.08 bits per heavy atom. The molecule has 1 aliphatic heterocycles. The topological polar surface area (TPSA) is 68.2 Å². The minimum atomic E-state index is -0.148. The fourth-order valence-electron chi connectivity index (χ4n) is 2.98. The maximum atomic E-state index is 11.9. The standard InChI is InChI=1S/C18H24N4O2/c1-3-16-15(12-22(2)21-16)11-20-18(23)19-8-6-13-4-5-17-14(10-13)7-9-24-17/h4-5,10,12H,3,6-9,11H2,1-2H3,(H2,19,20,23). The predicted octanol–water partition coefficient (Wildman–Crippen LogP) is 1.96. The van der Waals surface area contributed by atoms with Crippen molar-refractivity contribution < 1.29 is 9.53 Å². The lowest BCUT2D eigenvalue weighted by Gasteiger charge is -2.08. The van der Waals surface area contributed by atoms with Crippen molar-refractivity contribution in [1.82, 2.24) is 20.4 Å². The number of aryl methyl sites for hydroxylation is 2. The van der Waals surface area contributed by atoms with Gasteiger partial charge < -0.3 is 15.4 Å². The lowest BCUT2D eigenvalue weighted by molar-refractivity contribution is 0.240. The minimum absolute atomic E-state index is 0.148. The van der Waals surface area contributed by atoms with Crippen LogP contribution in [0.1, 0.15) is 29.3 Å². The number of aromatic nitrogens is 2. The predicted molar refractivity (Wildman–Crippen MR) is 92.2 cm³/mol. The molecule has 0 bridgehead atoms. The first-order valence-corrected chi connectivity index (χ1v) is 8.43. The van der Waals surface area contributed by atoms with Crippen molar-refractivity contribution in [3.63, 3.8) is 0 Å². The highest BCUT2D eigenvalue weighted by molar-refractivity contribution is 5.73. The molecule has 6 nitrogen and oxygen atoms in total. The van der Waals surface area contributed by atoms with E-state index in [1.807, 2.05) is 19.3 Å². The van der Waals surface area contributed by atoms with Gasteiger partial charge in [-0.3, -0.25) is 4.68 Å². The molecule has 3 rings (SSSR count). The van der Waals surface area contributed by atoms with Crippen LogP contribution in [0.2, 0.25) is 0 Å². The average molecular weight is 328 g/mol. The summed E-state index contributed by atoms with van der Waals surface area (Å²) in [4.78, 5) is 11.9. The number of carbonyl (C=O) groups is 1. The van der Waals surface area contributed by atoms with E-state index in [-0.39, 0.29) is 6.03 Å². The quantitative estimate of drug-likeness (QED) is 0.852. The van der Waals surface area contributed by atoms with Crippen molar-refractivity contribution in [2.24, 2.45) is 7.05 Å². The summed E-state index contributed by atoms with van der Waals surface area (Å²) in [6.07, 6.45) is 4.60. The van der Waals surface area contributed by atoms with Crippen LogP contribution in [0.3, 0.4) is 0 Å². The third-order valence-corrected chi connectivity index (χ3v) is 4.22. The van der Waals surface area contributed by atoms with Gasteiger partial charge in [-0.05, 0) is 30.0 Å². The number of hydrogen-bond acceptors (Lipinski definition) is 3. The molecule has 0 spiro atoms. The van der Waals surface area contributed by atoms with Gasteiger partial charge in [-0.2, -0.15) is 5.10 Å². The molecule has 0 atom stereocenters. The zero-order valence-corrected chi connectivity index (χ0v) is 14.3. The van der Waals surface area contributed by atoms with E-state index >= 15 is 0 Å². The minimum Gasteiger partial charge on any atom is -0.493 e. The zero-order valence-electron chi connectivity index (χ0n) is 14.3. The molecule has 0 radical (unpaired) electrons. The van der Waals surface area contributed by atoms with E-state index in [4.69, 9.17) is 4.74 Å². The smallest absolute Gasteiger partial charge is 0.315 e. The molecular formula is C18H24N4O2. The second-order valence-corrected chi connectivity index (χ2v) is 6.03. The van der Waals surface area contributed by atoms with Crippen LogP contribution in [-0.2, 0) is 32.9 Å². The van der Waals surface area contributed by atoms with Crippen LogP contribution < -0.4 is 15.4 Å². The van der Waals surface area contributed by atoms with Gasteiger partial charge in [-0.15, -0.1) is 0 Å². The van der Waals surface area contributed by atoms with Gasteiger partial charge >= 0.3 is 6.03 Å². The summed E-state index contributed by atoms with van der Waals surface area (Å²) in [5, 5.41) is 10.2. The van der Waals surface area contributed by atoms with Gasteiger partial charge in [0, 0.05) is 38.3 Å². The Morgan fingerprint density at radius 2 is 2.25 bits per heavy atom. The molecule has 1 aromatic heterocycles. The fraction of sp³-hybridized carbons (Fsp3) is 0.444. The molecule has 24 heavy (non-hydrogen) atoms. The first-order chi connectivity index (χ1) is 11.7. The summed E-state index contributed by atoms with van der Waals surface area (Å²) in [5.41, 5.74) is 4.58. The normalized spacial score (nSPS) is 12.6. The molecule has 2 amide bonds. The van der Waals surface area contributed by atoms with E-state index in [0.717, 1.165) is 42.9 Å². The van der Waals surface area contributed by atoms with Crippen LogP contribution in [-0.4, -0.2) is 29.0 Å². The molecule has 1 aromatic carbocycles. The Hall–Kier alpha value is -2.50. The van der Waals surface area contributed by atoms with Gasteiger partial charge in [-0.25, -0.2) is 4.79 Å². The number of rotatable bonds is 6. The first-order valence-electron chi connectivity index (χ1n) is 8.43. The highest BCUT2D eigenvalue weighted by Crippen LogP contribution is 2.25. The second kappa shape index (κ2) is 7.38. The van der Waals surface area contributed by atoms with Gasteiger partial charge in [0.05, 0.1) is 12.3 Å². The van der Waals surface area contributed by atoms with E-state index in [9.17, 15) is 4.79 Å². The lowest BCUT2D eigenvalue weighted by atomic mass is 10.1. The SMILES string of the molecule is CCc1nn(C)cc1CNC(=O)NCCc1ccc2c(c1)CCO2. The van der Waals surface area contributed by atoms with Crippen molar-refractivity contribution in [2.45, 2.75) is 32.7 Å². The Bertz CT molecular complexity index is 724. The van der Waals surface area contributed by atoms with E-state index in [1.54, 1.807) is 4.68 Å². The van der Waals surface area contributed by atoms with Gasteiger partial charge in [0.15, 0.2) is 0 Å². The summed E-state index contributed by atoms with van der Waals surface area (Å²) in [6, 6.07) is 6.11. The van der Waals surface area contributed by atoms with Crippen LogP contribution in [0.5, 0.6) is 5.75 Å². The van der Waals surface area contributed by atoms with Gasteiger partial charge in [0.1, 0.15) is 5.75 Å². The third-order valence-electron chi connectivity index (χ3n) is 4.22. The van der Waals surface area contributed by atoms with Crippen molar-refractivity contribution in [3.8, 4) is 5.75 Å². The van der Waals surface area contributed by atoms with Crippen LogP contribution >= 0.6 is 0 Å². The second-order valence-electron chi connectivity index (χ2n) is 6.03. The zero-order chi connectivity index (χ0) is 16.9. The van der Waals surface area contributed by atoms with Crippen LogP contribution in [0.15, 0.2) is 24.4 Å². The Morgan fingerprint density at radius 1 is 1.38 bits per heavy atom. The summed E-state index contributed by atoms with van der Waals surface area (Å²) in [7, 11) is 1.89. The molecule has 2 aromatic rings. The highest BCUT2D eigenvalue weighted by atomic mass is 16.5.